The average Bonchev–Trinajstić information content (AvgIpc) is 2.36. The Balaban J connectivity index is 3.66. The van der Waals surface area contributed by atoms with Crippen LogP contribution in [-0.4, -0.2) is 43.1 Å². The van der Waals surface area contributed by atoms with Crippen molar-refractivity contribution >= 4 is 23.5 Å². The van der Waals surface area contributed by atoms with Crippen LogP contribution in [0.25, 0.3) is 0 Å². The monoisotopic (exact) mass is 283 g/mol. The van der Waals surface area contributed by atoms with Gasteiger partial charge in [0.25, 0.3) is 0 Å². The normalized spacial score (nSPS) is 10.1. The van der Waals surface area contributed by atoms with E-state index in [4.69, 9.17) is 0 Å². The van der Waals surface area contributed by atoms with E-state index >= 15 is 0 Å². The summed E-state index contributed by atoms with van der Waals surface area (Å²) in [6.07, 6.45) is 2.62. The number of allylic oxidation sites excluding steroid dienone is 1. The van der Waals surface area contributed by atoms with Crippen LogP contribution in [0.2, 0.25) is 0 Å². The Bertz CT molecular complexity index is 391. The summed E-state index contributed by atoms with van der Waals surface area (Å²) in [6, 6.07) is 0. The maximum atomic E-state index is 11.4. The van der Waals surface area contributed by atoms with Crippen LogP contribution >= 0.6 is 0 Å². The van der Waals surface area contributed by atoms with Crippen LogP contribution in [0.1, 0.15) is 26.7 Å². The fourth-order valence-corrected chi connectivity index (χ4v) is 1.24. The summed E-state index contributed by atoms with van der Waals surface area (Å²) in [5, 5.41) is 7.66. The Morgan fingerprint density at radius 1 is 0.850 bits per heavy atom. The minimum atomic E-state index is -0.421. The molecular formula is C13H21N3O4. The van der Waals surface area contributed by atoms with Gasteiger partial charge in [-0.3, -0.25) is 19.2 Å². The largest absolute Gasteiger partial charge is 0.356 e. The first-order valence-corrected chi connectivity index (χ1v) is 6.45. The van der Waals surface area contributed by atoms with Crippen molar-refractivity contribution in [3.63, 3.8) is 0 Å². The lowest BCUT2D eigenvalue weighted by molar-refractivity contribution is -0.122. The molecule has 0 fully saturated rings. The predicted molar refractivity (Wildman–Crippen MR) is 73.8 cm³/mol. The smallest absolute Gasteiger partial charge is 0.244 e. The van der Waals surface area contributed by atoms with Crippen molar-refractivity contribution in [1.29, 1.82) is 0 Å². The minimum Gasteiger partial charge on any atom is -0.356 e. The van der Waals surface area contributed by atoms with Crippen molar-refractivity contribution in [3.05, 3.63) is 12.2 Å². The SMILES string of the molecule is CCNC(=O)CCNC(=O)CCNC(=O)/C=C\C(C)=O. The van der Waals surface area contributed by atoms with Gasteiger partial charge in [-0.05, 0) is 19.9 Å². The first-order valence-electron chi connectivity index (χ1n) is 6.45. The number of ketones is 1. The maximum Gasteiger partial charge on any atom is 0.244 e. The molecule has 0 spiro atoms. The molecule has 7 nitrogen and oxygen atoms in total. The first-order chi connectivity index (χ1) is 9.45. The molecule has 20 heavy (non-hydrogen) atoms. The average molecular weight is 283 g/mol. The molecule has 112 valence electrons. The van der Waals surface area contributed by atoms with Crippen LogP contribution in [0.3, 0.4) is 0 Å². The molecule has 0 aliphatic carbocycles. The lowest BCUT2D eigenvalue weighted by atomic mass is 10.3. The Morgan fingerprint density at radius 3 is 1.95 bits per heavy atom. The third-order valence-electron chi connectivity index (χ3n) is 2.17. The minimum absolute atomic E-state index is 0.115. The number of rotatable bonds is 9. The molecule has 3 amide bonds. The van der Waals surface area contributed by atoms with E-state index < -0.39 is 5.91 Å². The van der Waals surface area contributed by atoms with Gasteiger partial charge in [-0.2, -0.15) is 0 Å². The number of hydrogen-bond donors (Lipinski definition) is 3. The Labute approximate surface area is 118 Å². The quantitative estimate of drug-likeness (QED) is 0.486. The van der Waals surface area contributed by atoms with Gasteiger partial charge in [0.2, 0.25) is 17.7 Å². The van der Waals surface area contributed by atoms with E-state index in [-0.39, 0.29) is 43.5 Å². The van der Waals surface area contributed by atoms with Crippen LogP contribution in [-0.2, 0) is 19.2 Å². The van der Waals surface area contributed by atoms with Crippen LogP contribution in [0, 0.1) is 0 Å². The molecule has 0 radical (unpaired) electrons. The molecule has 0 aromatic carbocycles. The molecular weight excluding hydrogens is 262 g/mol. The molecule has 0 rings (SSSR count). The lowest BCUT2D eigenvalue weighted by Crippen LogP contribution is -2.33. The summed E-state index contributed by atoms with van der Waals surface area (Å²) in [5.41, 5.74) is 0. The van der Waals surface area contributed by atoms with Gasteiger partial charge in [-0.1, -0.05) is 0 Å². The van der Waals surface area contributed by atoms with Crippen LogP contribution in [0.15, 0.2) is 12.2 Å². The van der Waals surface area contributed by atoms with Crippen LogP contribution in [0.5, 0.6) is 0 Å². The number of carbonyl (C=O) groups excluding carboxylic acids is 4. The summed E-state index contributed by atoms with van der Waals surface area (Å²) in [6.45, 7) is 4.16. The second kappa shape index (κ2) is 10.7. The second-order valence-electron chi connectivity index (χ2n) is 4.04. The van der Waals surface area contributed by atoms with Gasteiger partial charge in [-0.25, -0.2) is 0 Å². The molecule has 0 aliphatic rings. The highest BCUT2D eigenvalue weighted by molar-refractivity contribution is 5.96. The molecule has 3 N–H and O–H groups in total. The molecule has 7 heteroatoms. The molecule has 0 bridgehead atoms. The van der Waals surface area contributed by atoms with E-state index in [1.54, 1.807) is 0 Å². The van der Waals surface area contributed by atoms with Gasteiger partial charge in [0, 0.05) is 38.6 Å². The zero-order valence-corrected chi connectivity index (χ0v) is 11.8. The van der Waals surface area contributed by atoms with Crippen molar-refractivity contribution in [2.45, 2.75) is 26.7 Å². The topological polar surface area (TPSA) is 104 Å². The maximum absolute atomic E-state index is 11.4. The Hall–Kier alpha value is -2.18. The number of nitrogens with one attached hydrogen (secondary N) is 3. The van der Waals surface area contributed by atoms with Crippen molar-refractivity contribution in [2.24, 2.45) is 0 Å². The van der Waals surface area contributed by atoms with Gasteiger partial charge < -0.3 is 16.0 Å². The van der Waals surface area contributed by atoms with Crippen molar-refractivity contribution in [1.82, 2.24) is 16.0 Å². The van der Waals surface area contributed by atoms with Crippen LogP contribution < -0.4 is 16.0 Å². The lowest BCUT2D eigenvalue weighted by Gasteiger charge is -2.05. The molecule has 0 aromatic heterocycles. The summed E-state index contributed by atoms with van der Waals surface area (Å²) >= 11 is 0. The number of amides is 3. The number of carbonyl (C=O) groups is 4. The summed E-state index contributed by atoms with van der Waals surface area (Å²) in [5.74, 6) is -1.00. The highest BCUT2D eigenvalue weighted by Gasteiger charge is 2.04. The fraction of sp³-hybridized carbons (Fsp3) is 0.538. The summed E-state index contributed by atoms with van der Waals surface area (Å²) in [4.78, 5) is 44.2. The standard InChI is InChI=1S/C13H21N3O4/c1-3-14-12(19)6-8-16-13(20)7-9-15-11(18)5-4-10(2)17/h4-5H,3,6-9H2,1-2H3,(H,14,19)(H,15,18)(H,16,20)/b5-4-. The van der Waals surface area contributed by atoms with Gasteiger partial charge in [-0.15, -0.1) is 0 Å². The summed E-state index contributed by atoms with van der Waals surface area (Å²) in [7, 11) is 0. The molecule has 0 aliphatic heterocycles. The predicted octanol–water partition coefficient (Wildman–Crippen LogP) is -0.720. The summed E-state index contributed by atoms with van der Waals surface area (Å²) < 4.78 is 0. The Kier molecular flexibility index (Phi) is 9.55. The van der Waals surface area contributed by atoms with Gasteiger partial charge >= 0.3 is 0 Å². The molecule has 0 aromatic rings. The van der Waals surface area contributed by atoms with Gasteiger partial charge in [0.05, 0.1) is 0 Å². The highest BCUT2D eigenvalue weighted by atomic mass is 16.2. The molecule has 0 atom stereocenters. The van der Waals surface area contributed by atoms with E-state index in [1.807, 2.05) is 6.92 Å². The third-order valence-corrected chi connectivity index (χ3v) is 2.17. The molecule has 0 saturated carbocycles. The Morgan fingerprint density at radius 2 is 1.40 bits per heavy atom. The fourth-order valence-electron chi connectivity index (χ4n) is 1.24. The van der Waals surface area contributed by atoms with Crippen LogP contribution in [0.4, 0.5) is 0 Å². The van der Waals surface area contributed by atoms with Crippen molar-refractivity contribution in [3.8, 4) is 0 Å². The van der Waals surface area contributed by atoms with E-state index in [2.05, 4.69) is 16.0 Å². The molecule has 0 saturated heterocycles. The van der Waals surface area contributed by atoms with Gasteiger partial charge in [0.15, 0.2) is 5.78 Å². The van der Waals surface area contributed by atoms with Gasteiger partial charge in [0.1, 0.15) is 0 Å². The molecule has 0 unspecified atom stereocenters. The molecule has 0 heterocycles. The van der Waals surface area contributed by atoms with E-state index in [9.17, 15) is 19.2 Å². The number of hydrogen-bond acceptors (Lipinski definition) is 4. The highest BCUT2D eigenvalue weighted by Crippen LogP contribution is 1.82. The third kappa shape index (κ3) is 10.9. The van der Waals surface area contributed by atoms with Crippen molar-refractivity contribution in [2.75, 3.05) is 19.6 Å². The zero-order valence-electron chi connectivity index (χ0n) is 11.8. The van der Waals surface area contributed by atoms with Crippen molar-refractivity contribution < 1.29 is 19.2 Å². The van der Waals surface area contributed by atoms with E-state index in [1.165, 1.54) is 6.92 Å². The van der Waals surface area contributed by atoms with E-state index in [0.29, 0.717) is 6.54 Å². The first kappa shape index (κ1) is 17.8. The zero-order chi connectivity index (χ0) is 15.4. The second-order valence-corrected chi connectivity index (χ2v) is 4.04. The van der Waals surface area contributed by atoms with E-state index in [0.717, 1.165) is 12.2 Å².